The molecule has 92 valence electrons. The molecule has 0 aromatic heterocycles. The lowest BCUT2D eigenvalue weighted by atomic mass is 9.79. The van der Waals surface area contributed by atoms with Crippen molar-refractivity contribution in [1.82, 2.24) is 0 Å². The first kappa shape index (κ1) is 12.6. The summed E-state index contributed by atoms with van der Waals surface area (Å²) in [6, 6.07) is 6.29. The smallest absolute Gasteiger partial charge is 0.404 e. The average Bonchev–Trinajstić information content (AvgIpc) is 2.58. The molecule has 1 saturated heterocycles. The summed E-state index contributed by atoms with van der Waals surface area (Å²) in [5.41, 5.74) is 0.296. The van der Waals surface area contributed by atoms with Gasteiger partial charge in [0.25, 0.3) is 0 Å². The lowest BCUT2D eigenvalue weighted by Crippen LogP contribution is -2.35. The third kappa shape index (κ3) is 2.87. The summed E-state index contributed by atoms with van der Waals surface area (Å²) in [7, 11) is -4.23. The summed E-state index contributed by atoms with van der Waals surface area (Å²) in [5.74, 6) is 0. The second kappa shape index (κ2) is 4.10. The predicted octanol–water partition coefficient (Wildman–Crippen LogP) is -0.145. The molecule has 1 aromatic rings. The Labute approximate surface area is 101 Å². The molecule has 1 aromatic carbocycles. The summed E-state index contributed by atoms with van der Waals surface area (Å²) in [5, 5.41) is 5.07. The van der Waals surface area contributed by atoms with Gasteiger partial charge < -0.3 is 9.31 Å². The van der Waals surface area contributed by atoms with Crippen molar-refractivity contribution in [2.24, 2.45) is 5.14 Å². The van der Waals surface area contributed by atoms with E-state index < -0.39 is 17.1 Å². The van der Waals surface area contributed by atoms with Gasteiger partial charge in [-0.15, -0.1) is 0 Å². The molecule has 0 atom stereocenters. The average molecular weight is 255 g/mol. The number of rotatable bonds is 2. The van der Waals surface area contributed by atoms with E-state index in [0.29, 0.717) is 12.1 Å². The van der Waals surface area contributed by atoms with Crippen LogP contribution in [0.1, 0.15) is 13.8 Å². The van der Waals surface area contributed by atoms with Gasteiger partial charge in [0.2, 0.25) is 10.0 Å². The SMILES string of the molecule is CC1(C)COB(c2cccc(S(N)(=O)=O)c2)O1. The van der Waals surface area contributed by atoms with Gasteiger partial charge in [-0.25, -0.2) is 13.6 Å². The third-order valence-corrected chi connectivity index (χ3v) is 3.38. The zero-order valence-corrected chi connectivity index (χ0v) is 10.5. The van der Waals surface area contributed by atoms with Crippen LogP contribution in [-0.4, -0.2) is 27.7 Å². The van der Waals surface area contributed by atoms with Gasteiger partial charge in [-0.3, -0.25) is 0 Å². The maximum absolute atomic E-state index is 11.2. The first-order valence-corrected chi connectivity index (χ1v) is 6.75. The Morgan fingerprint density at radius 2 is 2.12 bits per heavy atom. The number of hydrogen-bond acceptors (Lipinski definition) is 4. The largest absolute Gasteiger partial charge is 0.494 e. The van der Waals surface area contributed by atoms with E-state index in [-0.39, 0.29) is 10.5 Å². The molecule has 0 aliphatic carbocycles. The van der Waals surface area contributed by atoms with Gasteiger partial charge >= 0.3 is 7.12 Å². The molecular weight excluding hydrogens is 241 g/mol. The van der Waals surface area contributed by atoms with Gasteiger partial charge in [0.05, 0.1) is 17.1 Å². The highest BCUT2D eigenvalue weighted by molar-refractivity contribution is 7.89. The lowest BCUT2D eigenvalue weighted by molar-refractivity contribution is 0.137. The Morgan fingerprint density at radius 1 is 1.41 bits per heavy atom. The first-order valence-electron chi connectivity index (χ1n) is 5.20. The van der Waals surface area contributed by atoms with E-state index in [1.165, 1.54) is 12.1 Å². The van der Waals surface area contributed by atoms with E-state index in [1.807, 2.05) is 13.8 Å². The van der Waals surface area contributed by atoms with E-state index in [4.69, 9.17) is 14.4 Å². The minimum atomic E-state index is -3.69. The Kier molecular flexibility index (Phi) is 3.03. The molecule has 0 bridgehead atoms. The van der Waals surface area contributed by atoms with Crippen LogP contribution in [0.5, 0.6) is 0 Å². The summed E-state index contributed by atoms with van der Waals surface area (Å²) in [4.78, 5) is 0.0620. The van der Waals surface area contributed by atoms with Crippen LogP contribution in [0.4, 0.5) is 0 Å². The molecule has 0 unspecified atom stereocenters. The number of hydrogen-bond donors (Lipinski definition) is 1. The molecule has 5 nitrogen and oxygen atoms in total. The van der Waals surface area contributed by atoms with Gasteiger partial charge in [-0.1, -0.05) is 12.1 Å². The minimum Gasteiger partial charge on any atom is -0.404 e. The molecule has 2 N–H and O–H groups in total. The second-order valence-corrected chi connectivity index (χ2v) is 6.20. The highest BCUT2D eigenvalue weighted by atomic mass is 32.2. The molecule has 0 spiro atoms. The number of sulfonamides is 1. The van der Waals surface area contributed by atoms with Gasteiger partial charge in [0.15, 0.2) is 0 Å². The molecule has 1 aliphatic rings. The Bertz CT molecular complexity index is 529. The van der Waals surface area contributed by atoms with Gasteiger partial charge in [-0.05, 0) is 31.4 Å². The van der Waals surface area contributed by atoms with Gasteiger partial charge in [0.1, 0.15) is 0 Å². The van der Waals surface area contributed by atoms with Crippen molar-refractivity contribution in [1.29, 1.82) is 0 Å². The standard InChI is InChI=1S/C10H14BNO4S/c1-10(2)7-15-11(16-10)8-4-3-5-9(6-8)17(12,13)14/h3-6H,7H2,1-2H3,(H2,12,13,14). The lowest BCUT2D eigenvalue weighted by Gasteiger charge is -2.15. The maximum Gasteiger partial charge on any atom is 0.494 e. The quantitative estimate of drug-likeness (QED) is 0.745. The zero-order valence-electron chi connectivity index (χ0n) is 9.71. The van der Waals surface area contributed by atoms with Crippen LogP contribution in [0.3, 0.4) is 0 Å². The normalized spacial score (nSPS) is 19.6. The summed E-state index contributed by atoms with van der Waals surface area (Å²) < 4.78 is 33.6. The highest BCUT2D eigenvalue weighted by Gasteiger charge is 2.38. The second-order valence-electron chi connectivity index (χ2n) is 4.64. The summed E-state index contributed by atoms with van der Waals surface area (Å²) >= 11 is 0. The Morgan fingerprint density at radius 3 is 2.65 bits per heavy atom. The molecule has 17 heavy (non-hydrogen) atoms. The van der Waals surface area contributed by atoms with Crippen molar-refractivity contribution in [3.8, 4) is 0 Å². The van der Waals surface area contributed by atoms with E-state index in [0.717, 1.165) is 0 Å². The van der Waals surface area contributed by atoms with Crippen LogP contribution in [0.15, 0.2) is 29.2 Å². The molecule has 7 heteroatoms. The van der Waals surface area contributed by atoms with Crippen molar-refractivity contribution in [2.45, 2.75) is 24.3 Å². The van der Waals surface area contributed by atoms with Crippen LogP contribution in [-0.2, 0) is 19.3 Å². The van der Waals surface area contributed by atoms with Crippen molar-refractivity contribution >= 4 is 22.6 Å². The fraction of sp³-hybridized carbons (Fsp3) is 0.400. The third-order valence-electron chi connectivity index (χ3n) is 2.47. The Balaban J connectivity index is 2.29. The number of benzene rings is 1. The molecule has 0 saturated carbocycles. The van der Waals surface area contributed by atoms with Crippen molar-refractivity contribution in [3.05, 3.63) is 24.3 Å². The van der Waals surface area contributed by atoms with Crippen molar-refractivity contribution in [2.75, 3.05) is 6.61 Å². The summed E-state index contributed by atoms with van der Waals surface area (Å²) in [6.45, 7) is 4.30. The number of primary sulfonamides is 1. The topological polar surface area (TPSA) is 78.6 Å². The van der Waals surface area contributed by atoms with Crippen LogP contribution < -0.4 is 10.6 Å². The van der Waals surface area contributed by atoms with E-state index >= 15 is 0 Å². The summed E-state index contributed by atoms with van der Waals surface area (Å²) in [6.07, 6.45) is 0. The molecule has 1 fully saturated rings. The maximum atomic E-state index is 11.2. The van der Waals surface area contributed by atoms with E-state index in [9.17, 15) is 8.42 Å². The monoisotopic (exact) mass is 255 g/mol. The number of nitrogens with two attached hydrogens (primary N) is 1. The fourth-order valence-corrected chi connectivity index (χ4v) is 2.21. The van der Waals surface area contributed by atoms with Crippen molar-refractivity contribution in [3.63, 3.8) is 0 Å². The Hall–Kier alpha value is -0.885. The first-order chi connectivity index (χ1) is 7.78. The predicted molar refractivity (Wildman–Crippen MR) is 64.3 cm³/mol. The van der Waals surface area contributed by atoms with E-state index in [2.05, 4.69) is 0 Å². The molecule has 0 amide bonds. The molecule has 0 radical (unpaired) electrons. The van der Waals surface area contributed by atoms with Crippen LogP contribution in [0.25, 0.3) is 0 Å². The molecule has 1 heterocycles. The van der Waals surface area contributed by atoms with Gasteiger partial charge in [0, 0.05) is 0 Å². The molecular formula is C10H14BNO4S. The van der Waals surface area contributed by atoms with Crippen LogP contribution in [0, 0.1) is 0 Å². The van der Waals surface area contributed by atoms with Crippen molar-refractivity contribution < 1.29 is 17.7 Å². The van der Waals surface area contributed by atoms with E-state index in [1.54, 1.807) is 12.1 Å². The van der Waals surface area contributed by atoms with Crippen LogP contribution >= 0.6 is 0 Å². The molecule has 1 aliphatic heterocycles. The minimum absolute atomic E-state index is 0.0620. The van der Waals surface area contributed by atoms with Crippen LogP contribution in [0.2, 0.25) is 0 Å². The fourth-order valence-electron chi connectivity index (χ4n) is 1.64. The zero-order chi connectivity index (χ0) is 12.7. The van der Waals surface area contributed by atoms with Gasteiger partial charge in [-0.2, -0.15) is 0 Å². The highest BCUT2D eigenvalue weighted by Crippen LogP contribution is 2.19. The molecule has 2 rings (SSSR count).